The summed E-state index contributed by atoms with van der Waals surface area (Å²) >= 11 is 0. The van der Waals surface area contributed by atoms with Crippen molar-refractivity contribution in [2.24, 2.45) is 0 Å². The molecule has 2 nitrogen and oxygen atoms in total. The summed E-state index contributed by atoms with van der Waals surface area (Å²) in [6, 6.07) is 0. The normalized spacial score (nSPS) is 8.58. The number of hydrogen-bond acceptors (Lipinski definition) is 2. The maximum atomic E-state index is 10.3. The van der Waals surface area contributed by atoms with E-state index in [0.29, 0.717) is 13.0 Å². The molecule has 0 aliphatic heterocycles. The molecule has 0 rings (SSSR count). The molecule has 0 heterocycles. The van der Waals surface area contributed by atoms with E-state index < -0.39 is 0 Å². The molecule has 12 heavy (non-hydrogen) atoms. The van der Waals surface area contributed by atoms with Gasteiger partial charge in [-0.15, -0.1) is 0 Å². The molecule has 70 valence electrons. The fraction of sp³-hybridized carbons (Fsp3) is 0.500. The van der Waals surface area contributed by atoms with Gasteiger partial charge in [-0.3, -0.25) is 4.79 Å². The Morgan fingerprint density at radius 2 is 1.92 bits per heavy atom. The molecule has 0 amide bonds. The Hall–Kier alpha value is -1.05. The molecule has 0 atom stereocenters. The van der Waals surface area contributed by atoms with E-state index in [-0.39, 0.29) is 5.97 Å². The number of esters is 1. The summed E-state index contributed by atoms with van der Waals surface area (Å²) in [6.07, 6.45) is 5.99. The molecule has 0 saturated heterocycles. The van der Waals surface area contributed by atoms with Crippen molar-refractivity contribution in [3.63, 3.8) is 0 Å². The van der Waals surface area contributed by atoms with Gasteiger partial charge in [0.05, 0.1) is 0 Å². The van der Waals surface area contributed by atoms with Crippen molar-refractivity contribution >= 4 is 5.97 Å². The predicted octanol–water partition coefficient (Wildman–Crippen LogP) is 2.71. The van der Waals surface area contributed by atoms with E-state index in [9.17, 15) is 4.79 Å². The number of rotatable bonds is 3. The van der Waals surface area contributed by atoms with E-state index in [1.807, 2.05) is 26.0 Å². The van der Waals surface area contributed by atoms with Crippen molar-refractivity contribution in [1.29, 1.82) is 0 Å². The Morgan fingerprint density at radius 3 is 2.17 bits per heavy atom. The highest BCUT2D eigenvalue weighted by Gasteiger charge is 1.92. The summed E-state index contributed by atoms with van der Waals surface area (Å²) in [7, 11) is 0. The average molecular weight is 170 g/mol. The lowest BCUT2D eigenvalue weighted by atomic mass is 10.5. The van der Waals surface area contributed by atoms with Gasteiger partial charge in [0.25, 0.3) is 0 Å². The number of carbonyl (C=O) groups is 1. The van der Waals surface area contributed by atoms with Gasteiger partial charge in [-0.25, -0.2) is 0 Å². The van der Waals surface area contributed by atoms with Crippen LogP contribution in [0.2, 0.25) is 0 Å². The predicted molar refractivity (Wildman–Crippen MR) is 51.9 cm³/mol. The van der Waals surface area contributed by atoms with Gasteiger partial charge >= 0.3 is 5.97 Å². The third-order valence-electron chi connectivity index (χ3n) is 0.984. The summed E-state index contributed by atoms with van der Waals surface area (Å²) < 4.78 is 4.58. The first-order valence-corrected chi connectivity index (χ1v) is 4.06. The topological polar surface area (TPSA) is 26.3 Å². The van der Waals surface area contributed by atoms with Crippen LogP contribution in [-0.4, -0.2) is 12.6 Å². The smallest absolute Gasteiger partial charge is 0.305 e. The van der Waals surface area contributed by atoms with E-state index in [0.717, 1.165) is 0 Å². The maximum absolute atomic E-state index is 10.3. The molecule has 2 heteroatoms. The summed E-state index contributed by atoms with van der Waals surface area (Å²) in [6.45, 7) is 9.47. The van der Waals surface area contributed by atoms with Gasteiger partial charge in [0, 0.05) is 6.42 Å². The van der Waals surface area contributed by atoms with Crippen LogP contribution in [0, 0.1) is 0 Å². The van der Waals surface area contributed by atoms with Crippen LogP contribution in [-0.2, 0) is 9.53 Å². The lowest BCUT2D eigenvalue weighted by Gasteiger charge is -1.94. The molecule has 0 saturated carbocycles. The Bertz CT molecular complexity index is 133. The second-order valence-electron chi connectivity index (χ2n) is 1.99. The van der Waals surface area contributed by atoms with Crippen molar-refractivity contribution in [3.05, 3.63) is 24.8 Å². The molecule has 0 aliphatic carbocycles. The standard InChI is InChI=1S/C6H10O2.C4H8/c1-3-5-8-6(7)4-2;1-3-4-2/h3H,1,4-5H2,2H3;3-4H,1-2H3. The highest BCUT2D eigenvalue weighted by molar-refractivity contribution is 5.68. The molecule has 0 spiro atoms. The molecule has 0 aromatic carbocycles. The largest absolute Gasteiger partial charge is 0.461 e. The molecular formula is C10H18O2. The zero-order chi connectivity index (χ0) is 9.82. The van der Waals surface area contributed by atoms with Crippen LogP contribution < -0.4 is 0 Å². The molecule has 0 radical (unpaired) electrons. The van der Waals surface area contributed by atoms with E-state index in [2.05, 4.69) is 11.3 Å². The van der Waals surface area contributed by atoms with E-state index in [1.54, 1.807) is 13.0 Å². The first kappa shape index (κ1) is 13.5. The van der Waals surface area contributed by atoms with E-state index >= 15 is 0 Å². The Kier molecular flexibility index (Phi) is 14.2. The van der Waals surface area contributed by atoms with Crippen molar-refractivity contribution in [2.75, 3.05) is 6.61 Å². The van der Waals surface area contributed by atoms with Crippen molar-refractivity contribution in [2.45, 2.75) is 27.2 Å². The number of allylic oxidation sites excluding steroid dienone is 2. The minimum Gasteiger partial charge on any atom is -0.461 e. The van der Waals surface area contributed by atoms with Gasteiger partial charge in [-0.1, -0.05) is 31.7 Å². The number of ether oxygens (including phenoxy) is 1. The van der Waals surface area contributed by atoms with E-state index in [4.69, 9.17) is 0 Å². The lowest BCUT2D eigenvalue weighted by molar-refractivity contribution is -0.141. The first-order chi connectivity index (χ1) is 5.72. The quantitative estimate of drug-likeness (QED) is 0.481. The zero-order valence-electron chi connectivity index (χ0n) is 8.17. The van der Waals surface area contributed by atoms with Gasteiger partial charge in [-0.2, -0.15) is 0 Å². The monoisotopic (exact) mass is 170 g/mol. The Balaban J connectivity index is 0. The highest BCUT2D eigenvalue weighted by Crippen LogP contribution is 1.82. The second kappa shape index (κ2) is 12.6. The Morgan fingerprint density at radius 1 is 1.42 bits per heavy atom. The number of hydrogen-bond donors (Lipinski definition) is 0. The third-order valence-corrected chi connectivity index (χ3v) is 0.984. The highest BCUT2D eigenvalue weighted by atomic mass is 16.5. The number of carbonyl (C=O) groups excluding carboxylic acids is 1. The fourth-order valence-corrected chi connectivity index (χ4v) is 0.254. The molecule has 0 unspecified atom stereocenters. The van der Waals surface area contributed by atoms with Crippen molar-refractivity contribution in [1.82, 2.24) is 0 Å². The van der Waals surface area contributed by atoms with Crippen LogP contribution in [0.1, 0.15) is 27.2 Å². The first-order valence-electron chi connectivity index (χ1n) is 4.06. The third kappa shape index (κ3) is 16.0. The zero-order valence-corrected chi connectivity index (χ0v) is 8.17. The van der Waals surface area contributed by atoms with Gasteiger partial charge < -0.3 is 4.74 Å². The van der Waals surface area contributed by atoms with Gasteiger partial charge in [-0.05, 0) is 13.8 Å². The van der Waals surface area contributed by atoms with Gasteiger partial charge in [0.1, 0.15) is 6.61 Å². The minimum absolute atomic E-state index is 0.176. The lowest BCUT2D eigenvalue weighted by Crippen LogP contribution is -2.00. The molecule has 0 bridgehead atoms. The molecule has 0 N–H and O–H groups in total. The van der Waals surface area contributed by atoms with Crippen LogP contribution in [0.25, 0.3) is 0 Å². The minimum atomic E-state index is -0.176. The SMILES string of the molecule is C=CCOC(=O)CC.CC=CC. The summed E-state index contributed by atoms with van der Waals surface area (Å²) in [4.78, 5) is 10.3. The molecule has 0 aromatic heterocycles. The van der Waals surface area contributed by atoms with Crippen LogP contribution in [0.15, 0.2) is 24.8 Å². The van der Waals surface area contributed by atoms with Crippen molar-refractivity contribution in [3.8, 4) is 0 Å². The van der Waals surface area contributed by atoms with Crippen LogP contribution in [0.4, 0.5) is 0 Å². The molecule has 0 aromatic rings. The summed E-state index contributed by atoms with van der Waals surface area (Å²) in [5.41, 5.74) is 0. The molecule has 0 fully saturated rings. The maximum Gasteiger partial charge on any atom is 0.305 e. The molecular weight excluding hydrogens is 152 g/mol. The second-order valence-corrected chi connectivity index (χ2v) is 1.99. The van der Waals surface area contributed by atoms with Crippen LogP contribution in [0.3, 0.4) is 0 Å². The fourth-order valence-electron chi connectivity index (χ4n) is 0.254. The van der Waals surface area contributed by atoms with E-state index in [1.165, 1.54) is 0 Å². The van der Waals surface area contributed by atoms with Crippen LogP contribution in [0.5, 0.6) is 0 Å². The van der Waals surface area contributed by atoms with Crippen LogP contribution >= 0.6 is 0 Å². The average Bonchev–Trinajstić information content (AvgIpc) is 2.14. The van der Waals surface area contributed by atoms with Gasteiger partial charge in [0.2, 0.25) is 0 Å². The van der Waals surface area contributed by atoms with Crippen molar-refractivity contribution < 1.29 is 9.53 Å². The summed E-state index contributed by atoms with van der Waals surface area (Å²) in [5.74, 6) is -0.176. The molecule has 0 aliphatic rings. The van der Waals surface area contributed by atoms with Gasteiger partial charge in [0.15, 0.2) is 0 Å². The Labute approximate surface area is 74.9 Å². The summed E-state index contributed by atoms with van der Waals surface area (Å²) in [5, 5.41) is 0.